The maximum atomic E-state index is 12.0. The van der Waals surface area contributed by atoms with Gasteiger partial charge in [0.25, 0.3) is 0 Å². The van der Waals surface area contributed by atoms with Crippen molar-refractivity contribution >= 4 is 15.8 Å². The van der Waals surface area contributed by atoms with E-state index in [1.165, 1.54) is 13.0 Å². The molecule has 2 rings (SSSR count). The third kappa shape index (κ3) is 2.45. The van der Waals surface area contributed by atoms with Crippen molar-refractivity contribution in [3.8, 4) is 0 Å². The average molecular weight is 298 g/mol. The first-order valence-corrected chi connectivity index (χ1v) is 8.17. The molecule has 0 radical (unpaired) electrons. The minimum Gasteiger partial charge on any atom is -0.464 e. The number of sulfone groups is 1. The molecule has 1 N–H and O–H groups in total. The van der Waals surface area contributed by atoms with Gasteiger partial charge in [0.15, 0.2) is 15.4 Å². The molecule has 0 fully saturated rings. The Morgan fingerprint density at radius 1 is 1.45 bits per heavy atom. The summed E-state index contributed by atoms with van der Waals surface area (Å²) in [5, 5.41) is 10.5. The van der Waals surface area contributed by atoms with E-state index in [0.717, 1.165) is 0 Å². The summed E-state index contributed by atoms with van der Waals surface area (Å²) in [6.45, 7) is 3.21. The monoisotopic (exact) mass is 298 g/mol. The van der Waals surface area contributed by atoms with E-state index in [0.29, 0.717) is 5.56 Å². The fourth-order valence-corrected chi connectivity index (χ4v) is 4.21. The van der Waals surface area contributed by atoms with Crippen molar-refractivity contribution in [1.29, 1.82) is 0 Å². The molecule has 0 saturated carbocycles. The van der Waals surface area contributed by atoms with Gasteiger partial charge in [0.1, 0.15) is 0 Å². The van der Waals surface area contributed by atoms with Crippen molar-refractivity contribution in [1.82, 2.24) is 0 Å². The number of hydrogen-bond donors (Lipinski definition) is 1. The number of hydrogen-bond acceptors (Lipinski definition) is 5. The molecule has 0 amide bonds. The maximum Gasteiger partial charge on any atom is 0.338 e. The van der Waals surface area contributed by atoms with Crippen LogP contribution < -0.4 is 0 Å². The van der Waals surface area contributed by atoms with Gasteiger partial charge in [-0.3, -0.25) is 0 Å². The number of fused-ring (bicyclic) bond motifs is 1. The Morgan fingerprint density at radius 2 is 2.10 bits per heavy atom. The summed E-state index contributed by atoms with van der Waals surface area (Å²) in [5.41, 5.74) is -1.25. The number of aliphatic hydroxyl groups is 1. The predicted octanol–water partition coefficient (Wildman–Crippen LogP) is 1.26. The van der Waals surface area contributed by atoms with Crippen LogP contribution in [0.5, 0.6) is 0 Å². The Morgan fingerprint density at radius 3 is 2.75 bits per heavy atom. The lowest BCUT2D eigenvalue weighted by Crippen LogP contribution is -2.45. The molecule has 1 heterocycles. The fraction of sp³-hybridized carbons (Fsp3) is 0.500. The van der Waals surface area contributed by atoms with Crippen molar-refractivity contribution in [2.75, 3.05) is 12.4 Å². The summed E-state index contributed by atoms with van der Waals surface area (Å²) in [5.74, 6) is -1.38. The number of esters is 1. The van der Waals surface area contributed by atoms with Gasteiger partial charge < -0.3 is 9.84 Å². The minimum absolute atomic E-state index is 0.0791. The molecule has 1 aromatic carbocycles. The Balaban J connectivity index is 2.48. The van der Waals surface area contributed by atoms with Crippen molar-refractivity contribution in [2.24, 2.45) is 0 Å². The maximum absolute atomic E-state index is 12.0. The van der Waals surface area contributed by atoms with Crippen LogP contribution in [0.1, 0.15) is 31.7 Å². The lowest BCUT2D eigenvalue weighted by atomic mass is 9.81. The molecular weight excluding hydrogens is 280 g/mol. The summed E-state index contributed by atoms with van der Waals surface area (Å²) in [4.78, 5) is 12.1. The van der Waals surface area contributed by atoms with Gasteiger partial charge in [-0.15, -0.1) is 0 Å². The van der Waals surface area contributed by atoms with E-state index in [4.69, 9.17) is 4.74 Å². The molecule has 6 heteroatoms. The van der Waals surface area contributed by atoms with Gasteiger partial charge in [0.2, 0.25) is 0 Å². The summed E-state index contributed by atoms with van der Waals surface area (Å²) < 4.78 is 29.0. The quantitative estimate of drug-likeness (QED) is 0.850. The molecular formula is C14H18O5S. The number of carbonyl (C=O) groups excluding carboxylic acids is 1. The minimum atomic E-state index is -3.34. The van der Waals surface area contributed by atoms with Crippen LogP contribution in [-0.4, -0.2) is 37.5 Å². The molecule has 0 spiro atoms. The van der Waals surface area contributed by atoms with E-state index in [-0.39, 0.29) is 23.7 Å². The SMILES string of the molecule is CCOC(=O)C(C)(O)C1CCS(=O)(=O)c2ccccc21. The van der Waals surface area contributed by atoms with Gasteiger partial charge in [-0.2, -0.15) is 0 Å². The van der Waals surface area contributed by atoms with Crippen LogP contribution in [0.3, 0.4) is 0 Å². The lowest BCUT2D eigenvalue weighted by molar-refractivity contribution is -0.165. The van der Waals surface area contributed by atoms with Crippen LogP contribution in [0.2, 0.25) is 0 Å². The van der Waals surface area contributed by atoms with Gasteiger partial charge in [-0.05, 0) is 31.9 Å². The van der Waals surface area contributed by atoms with Gasteiger partial charge >= 0.3 is 5.97 Å². The van der Waals surface area contributed by atoms with Crippen LogP contribution in [0.25, 0.3) is 0 Å². The average Bonchev–Trinajstić information content (AvgIpc) is 2.39. The Bertz CT molecular complexity index is 618. The summed E-state index contributed by atoms with van der Waals surface area (Å²) >= 11 is 0. The van der Waals surface area contributed by atoms with E-state index in [1.54, 1.807) is 25.1 Å². The highest BCUT2D eigenvalue weighted by Crippen LogP contribution is 2.40. The van der Waals surface area contributed by atoms with E-state index in [9.17, 15) is 18.3 Å². The molecule has 5 nitrogen and oxygen atoms in total. The Labute approximate surface area is 118 Å². The summed E-state index contributed by atoms with van der Waals surface area (Å²) in [6, 6.07) is 6.49. The van der Waals surface area contributed by atoms with Crippen LogP contribution in [0.15, 0.2) is 29.2 Å². The Hall–Kier alpha value is -1.40. The van der Waals surface area contributed by atoms with E-state index >= 15 is 0 Å². The van der Waals surface area contributed by atoms with Gasteiger partial charge in [-0.25, -0.2) is 13.2 Å². The molecule has 1 aromatic rings. The smallest absolute Gasteiger partial charge is 0.338 e. The standard InChI is InChI=1S/C14H18O5S/c1-3-19-13(15)14(2,16)11-8-9-20(17,18)12-7-5-4-6-10(11)12/h4-7,11,16H,3,8-9H2,1-2H3. The Kier molecular flexibility index (Phi) is 3.88. The predicted molar refractivity (Wildman–Crippen MR) is 73.1 cm³/mol. The van der Waals surface area contributed by atoms with Crippen molar-refractivity contribution in [3.05, 3.63) is 29.8 Å². The number of ether oxygens (including phenoxy) is 1. The molecule has 1 aliphatic rings. The molecule has 0 aromatic heterocycles. The number of carbonyl (C=O) groups is 1. The fourth-order valence-electron chi connectivity index (χ4n) is 2.59. The molecule has 20 heavy (non-hydrogen) atoms. The van der Waals surface area contributed by atoms with E-state index in [1.807, 2.05) is 0 Å². The van der Waals surface area contributed by atoms with E-state index < -0.39 is 27.3 Å². The van der Waals surface area contributed by atoms with Crippen molar-refractivity contribution in [2.45, 2.75) is 36.7 Å². The highest BCUT2D eigenvalue weighted by Gasteiger charge is 2.45. The van der Waals surface area contributed by atoms with Gasteiger partial charge in [0.05, 0.1) is 17.3 Å². The highest BCUT2D eigenvalue weighted by molar-refractivity contribution is 7.91. The molecule has 110 valence electrons. The first-order valence-electron chi connectivity index (χ1n) is 6.52. The second-order valence-electron chi connectivity index (χ2n) is 5.07. The first kappa shape index (κ1) is 15.0. The molecule has 0 bridgehead atoms. The number of rotatable bonds is 3. The van der Waals surface area contributed by atoms with Gasteiger partial charge in [-0.1, -0.05) is 18.2 Å². The zero-order valence-corrected chi connectivity index (χ0v) is 12.3. The summed E-state index contributed by atoms with van der Waals surface area (Å²) in [6.07, 6.45) is 0.200. The first-order chi connectivity index (χ1) is 9.30. The molecule has 0 saturated heterocycles. The van der Waals surface area contributed by atoms with Crippen LogP contribution >= 0.6 is 0 Å². The summed E-state index contributed by atoms with van der Waals surface area (Å²) in [7, 11) is -3.34. The second kappa shape index (κ2) is 5.18. The largest absolute Gasteiger partial charge is 0.464 e. The molecule has 1 aliphatic heterocycles. The normalized spacial score (nSPS) is 23.4. The second-order valence-corrected chi connectivity index (χ2v) is 7.14. The lowest BCUT2D eigenvalue weighted by Gasteiger charge is -2.34. The zero-order valence-electron chi connectivity index (χ0n) is 11.5. The molecule has 2 atom stereocenters. The topological polar surface area (TPSA) is 80.7 Å². The van der Waals surface area contributed by atoms with Crippen molar-refractivity contribution < 1.29 is 23.1 Å². The highest BCUT2D eigenvalue weighted by atomic mass is 32.2. The van der Waals surface area contributed by atoms with Gasteiger partial charge in [0, 0.05) is 5.92 Å². The van der Waals surface area contributed by atoms with Crippen LogP contribution in [0, 0.1) is 0 Å². The van der Waals surface area contributed by atoms with Crippen LogP contribution in [0.4, 0.5) is 0 Å². The third-order valence-corrected chi connectivity index (χ3v) is 5.49. The zero-order chi connectivity index (χ0) is 15.0. The van der Waals surface area contributed by atoms with Crippen molar-refractivity contribution in [3.63, 3.8) is 0 Å². The molecule has 0 aliphatic carbocycles. The molecule has 2 unspecified atom stereocenters. The van der Waals surface area contributed by atoms with E-state index in [2.05, 4.69) is 0 Å². The number of benzene rings is 1. The third-order valence-electron chi connectivity index (χ3n) is 3.67. The van der Waals surface area contributed by atoms with Crippen LogP contribution in [-0.2, 0) is 19.4 Å².